The number of para-hydroxylation sites is 1. The van der Waals surface area contributed by atoms with E-state index in [4.69, 9.17) is 9.84 Å². The van der Waals surface area contributed by atoms with Crippen LogP contribution in [0, 0.1) is 6.92 Å². The molecule has 0 radical (unpaired) electrons. The molecule has 2 rings (SSSR count). The van der Waals surface area contributed by atoms with Gasteiger partial charge in [0.1, 0.15) is 17.3 Å². The van der Waals surface area contributed by atoms with Gasteiger partial charge in [-0.15, -0.1) is 0 Å². The Bertz CT molecular complexity index is 613. The molecule has 0 amide bonds. The van der Waals surface area contributed by atoms with Gasteiger partial charge >= 0.3 is 5.97 Å². The number of aromatic nitrogens is 1. The fraction of sp³-hybridized carbons (Fsp3) is 0.333. The second kappa shape index (κ2) is 6.34. The lowest BCUT2D eigenvalue weighted by Crippen LogP contribution is -2.35. The van der Waals surface area contributed by atoms with Gasteiger partial charge in [0.15, 0.2) is 0 Å². The van der Waals surface area contributed by atoms with Crippen LogP contribution in [0.25, 0.3) is 10.9 Å². The highest BCUT2D eigenvalue weighted by molar-refractivity contribution is 5.84. The zero-order valence-corrected chi connectivity index (χ0v) is 11.6. The van der Waals surface area contributed by atoms with Crippen LogP contribution in [0.15, 0.2) is 30.3 Å². The van der Waals surface area contributed by atoms with Crippen molar-refractivity contribution in [2.75, 3.05) is 13.7 Å². The summed E-state index contributed by atoms with van der Waals surface area (Å²) in [6, 6.07) is 9.08. The molecule has 1 unspecified atom stereocenters. The Morgan fingerprint density at radius 3 is 2.90 bits per heavy atom. The smallest absolute Gasteiger partial charge is 0.320 e. The number of rotatable bonds is 6. The number of fused-ring (bicyclic) bond motifs is 1. The average Bonchev–Trinajstić information content (AvgIpc) is 2.43. The first-order chi connectivity index (χ1) is 9.61. The number of likely N-dealkylation sites (N-methyl/N-ethyl adjacent to an activating group) is 1. The summed E-state index contributed by atoms with van der Waals surface area (Å²) in [5.41, 5.74) is 1.73. The summed E-state index contributed by atoms with van der Waals surface area (Å²) < 4.78 is 5.69. The standard InChI is InChI=1S/C15H18N2O3/c1-10-6-7-11-4-3-5-13(14(11)17-10)20-9-8-12(16-2)15(18)19/h3-7,12,16H,8-9H2,1-2H3,(H,18,19). The summed E-state index contributed by atoms with van der Waals surface area (Å²) in [5, 5.41) is 12.7. The number of nitrogens with one attached hydrogen (secondary N) is 1. The second-order valence-corrected chi connectivity index (χ2v) is 4.60. The summed E-state index contributed by atoms with van der Waals surface area (Å²) in [6.45, 7) is 2.25. The van der Waals surface area contributed by atoms with Crippen LogP contribution in [0.1, 0.15) is 12.1 Å². The number of aliphatic carboxylic acids is 1. The Morgan fingerprint density at radius 1 is 1.40 bits per heavy atom. The zero-order chi connectivity index (χ0) is 14.5. The molecular weight excluding hydrogens is 256 g/mol. The van der Waals surface area contributed by atoms with E-state index >= 15 is 0 Å². The molecule has 1 atom stereocenters. The number of carbonyl (C=O) groups is 1. The van der Waals surface area contributed by atoms with Crippen molar-refractivity contribution in [2.45, 2.75) is 19.4 Å². The Balaban J connectivity index is 2.10. The van der Waals surface area contributed by atoms with E-state index in [-0.39, 0.29) is 0 Å². The Kier molecular flexibility index (Phi) is 4.53. The zero-order valence-electron chi connectivity index (χ0n) is 11.6. The Morgan fingerprint density at radius 2 is 2.20 bits per heavy atom. The highest BCUT2D eigenvalue weighted by Gasteiger charge is 2.14. The molecule has 1 aromatic carbocycles. The van der Waals surface area contributed by atoms with Crippen molar-refractivity contribution in [2.24, 2.45) is 0 Å². The number of aryl methyl sites for hydroxylation is 1. The maximum absolute atomic E-state index is 10.9. The van der Waals surface area contributed by atoms with Crippen molar-refractivity contribution in [3.63, 3.8) is 0 Å². The molecule has 0 saturated heterocycles. The molecule has 2 aromatic rings. The van der Waals surface area contributed by atoms with Crippen LogP contribution in [0.5, 0.6) is 5.75 Å². The minimum Gasteiger partial charge on any atom is -0.491 e. The molecule has 0 saturated carbocycles. The van der Waals surface area contributed by atoms with Crippen molar-refractivity contribution in [1.29, 1.82) is 0 Å². The van der Waals surface area contributed by atoms with Crippen LogP contribution in [-0.2, 0) is 4.79 Å². The van der Waals surface area contributed by atoms with E-state index in [9.17, 15) is 4.79 Å². The number of pyridine rings is 1. The lowest BCUT2D eigenvalue weighted by molar-refractivity contribution is -0.139. The molecule has 0 bridgehead atoms. The van der Waals surface area contributed by atoms with Crippen molar-refractivity contribution in [3.05, 3.63) is 36.0 Å². The monoisotopic (exact) mass is 274 g/mol. The van der Waals surface area contributed by atoms with Gasteiger partial charge in [0.2, 0.25) is 0 Å². The van der Waals surface area contributed by atoms with Gasteiger partial charge in [-0.1, -0.05) is 18.2 Å². The SMILES string of the molecule is CNC(CCOc1cccc2ccc(C)nc12)C(=O)O. The third kappa shape index (κ3) is 3.24. The normalized spacial score (nSPS) is 12.3. The lowest BCUT2D eigenvalue weighted by atomic mass is 10.2. The van der Waals surface area contributed by atoms with Gasteiger partial charge in [0.25, 0.3) is 0 Å². The average molecular weight is 274 g/mol. The van der Waals surface area contributed by atoms with E-state index in [0.717, 1.165) is 16.6 Å². The van der Waals surface area contributed by atoms with Gasteiger partial charge in [0, 0.05) is 17.5 Å². The minimum absolute atomic E-state index is 0.326. The summed E-state index contributed by atoms with van der Waals surface area (Å²) in [6.07, 6.45) is 0.397. The fourth-order valence-electron chi connectivity index (χ4n) is 2.01. The largest absolute Gasteiger partial charge is 0.491 e. The van der Waals surface area contributed by atoms with Crippen molar-refractivity contribution in [1.82, 2.24) is 10.3 Å². The quantitative estimate of drug-likeness (QED) is 0.843. The van der Waals surface area contributed by atoms with Gasteiger partial charge in [-0.25, -0.2) is 4.98 Å². The Labute approximate surface area is 117 Å². The molecule has 106 valence electrons. The molecule has 0 aliphatic carbocycles. The maximum Gasteiger partial charge on any atom is 0.320 e. The van der Waals surface area contributed by atoms with Crippen LogP contribution in [0.3, 0.4) is 0 Å². The molecule has 0 fully saturated rings. The summed E-state index contributed by atoms with van der Waals surface area (Å²) >= 11 is 0. The first-order valence-corrected chi connectivity index (χ1v) is 6.51. The molecule has 1 heterocycles. The van der Waals surface area contributed by atoms with Crippen LogP contribution >= 0.6 is 0 Å². The van der Waals surface area contributed by atoms with Crippen molar-refractivity contribution in [3.8, 4) is 5.75 Å². The predicted molar refractivity (Wildman–Crippen MR) is 77.1 cm³/mol. The van der Waals surface area contributed by atoms with Crippen LogP contribution in [-0.4, -0.2) is 35.8 Å². The number of ether oxygens (including phenoxy) is 1. The van der Waals surface area contributed by atoms with Gasteiger partial charge < -0.3 is 15.2 Å². The second-order valence-electron chi connectivity index (χ2n) is 4.60. The third-order valence-corrected chi connectivity index (χ3v) is 3.13. The highest BCUT2D eigenvalue weighted by Crippen LogP contribution is 2.24. The summed E-state index contributed by atoms with van der Waals surface area (Å²) in [7, 11) is 1.63. The van der Waals surface area contributed by atoms with Crippen LogP contribution < -0.4 is 10.1 Å². The molecular formula is C15H18N2O3. The molecule has 0 aliphatic heterocycles. The molecule has 5 heteroatoms. The molecule has 1 aromatic heterocycles. The lowest BCUT2D eigenvalue weighted by Gasteiger charge is -2.13. The molecule has 0 aliphatic rings. The third-order valence-electron chi connectivity index (χ3n) is 3.13. The van der Waals surface area contributed by atoms with E-state index in [1.807, 2.05) is 37.3 Å². The number of hydrogen-bond donors (Lipinski definition) is 2. The Hall–Kier alpha value is -2.14. The maximum atomic E-state index is 10.9. The molecule has 2 N–H and O–H groups in total. The van der Waals surface area contributed by atoms with E-state index in [2.05, 4.69) is 10.3 Å². The van der Waals surface area contributed by atoms with Crippen LogP contribution in [0.4, 0.5) is 0 Å². The van der Waals surface area contributed by atoms with Crippen molar-refractivity contribution < 1.29 is 14.6 Å². The summed E-state index contributed by atoms with van der Waals surface area (Å²) in [5.74, 6) is -0.186. The predicted octanol–water partition coefficient (Wildman–Crippen LogP) is 1.98. The van der Waals surface area contributed by atoms with Gasteiger partial charge in [0.05, 0.1) is 6.61 Å². The van der Waals surface area contributed by atoms with E-state index in [1.165, 1.54) is 0 Å². The first kappa shape index (κ1) is 14.3. The van der Waals surface area contributed by atoms with E-state index < -0.39 is 12.0 Å². The van der Waals surface area contributed by atoms with Crippen molar-refractivity contribution >= 4 is 16.9 Å². The van der Waals surface area contributed by atoms with Gasteiger partial charge in [-0.2, -0.15) is 0 Å². The number of carboxylic acid groups (broad SMARTS) is 1. The summed E-state index contributed by atoms with van der Waals surface area (Å²) in [4.78, 5) is 15.4. The highest BCUT2D eigenvalue weighted by atomic mass is 16.5. The minimum atomic E-state index is -0.872. The first-order valence-electron chi connectivity index (χ1n) is 6.51. The van der Waals surface area contributed by atoms with E-state index in [1.54, 1.807) is 7.05 Å². The van der Waals surface area contributed by atoms with Gasteiger partial charge in [-0.05, 0) is 26.1 Å². The number of nitrogens with zero attached hydrogens (tertiary/aromatic N) is 1. The van der Waals surface area contributed by atoms with Gasteiger partial charge in [-0.3, -0.25) is 4.79 Å². The van der Waals surface area contributed by atoms with Crippen LogP contribution in [0.2, 0.25) is 0 Å². The van der Waals surface area contributed by atoms with E-state index in [0.29, 0.717) is 18.8 Å². The molecule has 20 heavy (non-hydrogen) atoms. The molecule has 5 nitrogen and oxygen atoms in total. The fourth-order valence-corrected chi connectivity index (χ4v) is 2.01. The number of benzene rings is 1. The number of carboxylic acids is 1. The topological polar surface area (TPSA) is 71.5 Å². The molecule has 0 spiro atoms. The number of hydrogen-bond acceptors (Lipinski definition) is 4.